The van der Waals surface area contributed by atoms with Gasteiger partial charge in [-0.1, -0.05) is 36.4 Å². The highest BCUT2D eigenvalue weighted by atomic mass is 19.1. The lowest BCUT2D eigenvalue weighted by molar-refractivity contribution is -0.145. The Bertz CT molecular complexity index is 787. The molecule has 0 aliphatic carbocycles. The maximum Gasteiger partial charge on any atom is 0.313 e. The molecule has 1 heterocycles. The number of benzene rings is 2. The van der Waals surface area contributed by atoms with Crippen LogP contribution in [0.15, 0.2) is 54.6 Å². The van der Waals surface area contributed by atoms with E-state index < -0.39 is 17.5 Å². The van der Waals surface area contributed by atoms with E-state index in [1.165, 1.54) is 4.90 Å². The Balaban J connectivity index is 1.55. The molecule has 5 nitrogen and oxygen atoms in total. The third kappa shape index (κ3) is 4.39. The smallest absolute Gasteiger partial charge is 0.313 e. The minimum absolute atomic E-state index is 0.221. The highest BCUT2D eigenvalue weighted by Gasteiger charge is 2.37. The predicted molar refractivity (Wildman–Crippen MR) is 99.3 cm³/mol. The average molecular weight is 355 g/mol. The van der Waals surface area contributed by atoms with Gasteiger partial charge in [0.2, 0.25) is 0 Å². The Hall–Kier alpha value is -2.89. The number of nitrogen functional groups attached to an aromatic ring is 1. The fraction of sp³-hybridized carbons (Fsp3) is 0.300. The van der Waals surface area contributed by atoms with E-state index in [0.717, 1.165) is 5.56 Å². The number of carbonyl (C=O) groups excluding carboxylic acids is 2. The van der Waals surface area contributed by atoms with E-state index in [9.17, 15) is 9.59 Å². The van der Waals surface area contributed by atoms with Crippen LogP contribution in [-0.2, 0) is 16.0 Å². The molecule has 0 spiro atoms. The van der Waals surface area contributed by atoms with Crippen LogP contribution in [0, 0.1) is 0 Å². The van der Waals surface area contributed by atoms with Crippen LogP contribution in [0.5, 0.6) is 0 Å². The molecular weight excluding hydrogens is 333 g/mol. The Morgan fingerprint density at radius 3 is 2.42 bits per heavy atom. The lowest BCUT2D eigenvalue weighted by atomic mass is 9.87. The molecule has 136 valence electrons. The van der Waals surface area contributed by atoms with Crippen molar-refractivity contribution in [1.82, 2.24) is 4.90 Å². The van der Waals surface area contributed by atoms with Crippen molar-refractivity contribution in [2.75, 3.05) is 24.1 Å². The van der Waals surface area contributed by atoms with Crippen molar-refractivity contribution in [3.63, 3.8) is 0 Å². The molecule has 1 aliphatic heterocycles. The van der Waals surface area contributed by atoms with E-state index >= 15 is 4.39 Å². The number of carbonyl (C=O) groups is 2. The van der Waals surface area contributed by atoms with Gasteiger partial charge in [-0.15, -0.1) is 0 Å². The van der Waals surface area contributed by atoms with E-state index in [4.69, 9.17) is 5.73 Å². The van der Waals surface area contributed by atoms with Gasteiger partial charge >= 0.3 is 11.8 Å². The second-order valence-electron chi connectivity index (χ2n) is 6.69. The van der Waals surface area contributed by atoms with Crippen LogP contribution in [0.2, 0.25) is 0 Å². The largest absolute Gasteiger partial charge is 0.399 e. The molecule has 3 rings (SSSR count). The molecule has 1 aliphatic rings. The maximum absolute atomic E-state index is 15.0. The molecule has 0 unspecified atom stereocenters. The normalized spacial score (nSPS) is 16.1. The van der Waals surface area contributed by atoms with Gasteiger partial charge in [-0.3, -0.25) is 9.59 Å². The lowest BCUT2D eigenvalue weighted by Gasteiger charge is -2.36. The Morgan fingerprint density at radius 1 is 1.08 bits per heavy atom. The molecule has 26 heavy (non-hydrogen) atoms. The quantitative estimate of drug-likeness (QED) is 0.657. The van der Waals surface area contributed by atoms with Crippen LogP contribution in [0.4, 0.5) is 15.8 Å². The number of amides is 2. The fourth-order valence-electron chi connectivity index (χ4n) is 3.19. The van der Waals surface area contributed by atoms with Gasteiger partial charge in [-0.25, -0.2) is 4.39 Å². The van der Waals surface area contributed by atoms with E-state index in [1.807, 2.05) is 30.3 Å². The van der Waals surface area contributed by atoms with Crippen LogP contribution < -0.4 is 11.1 Å². The first-order chi connectivity index (χ1) is 12.5. The van der Waals surface area contributed by atoms with Gasteiger partial charge < -0.3 is 16.0 Å². The second kappa shape index (κ2) is 7.56. The molecule has 1 saturated heterocycles. The molecule has 2 amide bonds. The fourth-order valence-corrected chi connectivity index (χ4v) is 3.19. The molecule has 0 radical (unpaired) electrons. The first-order valence-corrected chi connectivity index (χ1v) is 8.64. The van der Waals surface area contributed by atoms with E-state index in [2.05, 4.69) is 5.32 Å². The number of nitrogens with two attached hydrogens (primary N) is 1. The monoisotopic (exact) mass is 355 g/mol. The van der Waals surface area contributed by atoms with Gasteiger partial charge in [-0.05, 0) is 36.6 Å². The van der Waals surface area contributed by atoms with Crippen molar-refractivity contribution in [1.29, 1.82) is 0 Å². The zero-order valence-electron chi connectivity index (χ0n) is 14.5. The molecule has 2 aromatic rings. The summed E-state index contributed by atoms with van der Waals surface area (Å²) < 4.78 is 15.0. The second-order valence-corrected chi connectivity index (χ2v) is 6.69. The summed E-state index contributed by atoms with van der Waals surface area (Å²) in [6.07, 6.45) is 0.768. The van der Waals surface area contributed by atoms with Crippen LogP contribution in [0.1, 0.15) is 18.4 Å². The number of hydrogen-bond donors (Lipinski definition) is 2. The molecule has 6 heteroatoms. The molecule has 0 bridgehead atoms. The first-order valence-electron chi connectivity index (χ1n) is 8.64. The minimum atomic E-state index is -1.34. The third-order valence-corrected chi connectivity index (χ3v) is 4.65. The van der Waals surface area contributed by atoms with Gasteiger partial charge in [0, 0.05) is 30.9 Å². The van der Waals surface area contributed by atoms with Gasteiger partial charge in [0.25, 0.3) is 0 Å². The average Bonchev–Trinajstić information content (AvgIpc) is 2.62. The summed E-state index contributed by atoms with van der Waals surface area (Å²) in [6, 6.07) is 16.1. The molecular formula is C20H22FN3O2. The zero-order chi connectivity index (χ0) is 18.6. The van der Waals surface area contributed by atoms with E-state index in [0.29, 0.717) is 17.8 Å². The summed E-state index contributed by atoms with van der Waals surface area (Å²) in [6.45, 7) is 0.457. The number of hydrogen-bond acceptors (Lipinski definition) is 3. The lowest BCUT2D eigenvalue weighted by Crippen LogP contribution is -2.48. The highest BCUT2D eigenvalue weighted by Crippen LogP contribution is 2.30. The minimum Gasteiger partial charge on any atom is -0.399 e. The summed E-state index contributed by atoms with van der Waals surface area (Å²) in [7, 11) is 0. The molecule has 2 aromatic carbocycles. The van der Waals surface area contributed by atoms with Gasteiger partial charge in [0.1, 0.15) is 5.67 Å². The molecule has 1 fully saturated rings. The number of piperidine rings is 1. The molecule has 0 saturated carbocycles. The number of halogens is 1. The Labute approximate surface area is 152 Å². The Kier molecular flexibility index (Phi) is 5.21. The van der Waals surface area contributed by atoms with Gasteiger partial charge in [0.05, 0.1) is 0 Å². The SMILES string of the molecule is Nc1cccc(NC(=O)C(=O)N2CCC(F)(Cc3ccccc3)CC2)c1. The van der Waals surface area contributed by atoms with Crippen molar-refractivity contribution in [3.8, 4) is 0 Å². The van der Waals surface area contributed by atoms with Gasteiger partial charge in [-0.2, -0.15) is 0 Å². The molecule has 0 atom stereocenters. The van der Waals surface area contributed by atoms with Gasteiger partial charge in [0.15, 0.2) is 0 Å². The third-order valence-electron chi connectivity index (χ3n) is 4.65. The Morgan fingerprint density at radius 2 is 1.77 bits per heavy atom. The highest BCUT2D eigenvalue weighted by molar-refractivity contribution is 6.39. The van der Waals surface area contributed by atoms with Crippen molar-refractivity contribution >= 4 is 23.2 Å². The summed E-state index contributed by atoms with van der Waals surface area (Å²) in [4.78, 5) is 25.9. The van der Waals surface area contributed by atoms with Crippen molar-refractivity contribution in [2.24, 2.45) is 0 Å². The van der Waals surface area contributed by atoms with Crippen LogP contribution in [0.3, 0.4) is 0 Å². The summed E-state index contributed by atoms with van der Waals surface area (Å²) in [5.41, 5.74) is 6.21. The molecule has 0 aromatic heterocycles. The summed E-state index contributed by atoms with van der Waals surface area (Å²) in [5.74, 6) is -1.38. The van der Waals surface area contributed by atoms with Crippen LogP contribution in [-0.4, -0.2) is 35.5 Å². The standard InChI is InChI=1S/C20H22FN3O2/c21-20(14-15-5-2-1-3-6-15)9-11-24(12-10-20)19(26)18(25)23-17-8-4-7-16(22)13-17/h1-8,13H,9-12,14,22H2,(H,23,25). The number of nitrogens with zero attached hydrogens (tertiary/aromatic N) is 1. The summed E-state index contributed by atoms with van der Waals surface area (Å²) >= 11 is 0. The summed E-state index contributed by atoms with van der Waals surface area (Å²) in [5, 5.41) is 2.54. The predicted octanol–water partition coefficient (Wildman–Crippen LogP) is 2.78. The van der Waals surface area contributed by atoms with Crippen LogP contribution >= 0.6 is 0 Å². The van der Waals surface area contributed by atoms with E-state index in [1.54, 1.807) is 24.3 Å². The number of nitrogens with one attached hydrogen (secondary N) is 1. The van der Waals surface area contributed by atoms with Crippen LogP contribution in [0.25, 0.3) is 0 Å². The molecule has 3 N–H and O–H groups in total. The zero-order valence-corrected chi connectivity index (χ0v) is 14.5. The van der Waals surface area contributed by atoms with Crippen molar-refractivity contribution < 1.29 is 14.0 Å². The number of likely N-dealkylation sites (tertiary alicyclic amines) is 1. The topological polar surface area (TPSA) is 75.4 Å². The number of anilines is 2. The van der Waals surface area contributed by atoms with E-state index in [-0.39, 0.29) is 25.9 Å². The van der Waals surface area contributed by atoms with Crippen molar-refractivity contribution in [3.05, 3.63) is 60.2 Å². The van der Waals surface area contributed by atoms with Crippen molar-refractivity contribution in [2.45, 2.75) is 24.9 Å². The number of alkyl halides is 1. The maximum atomic E-state index is 15.0. The first kappa shape index (κ1) is 17.9. The number of rotatable bonds is 3.